The maximum absolute atomic E-state index is 13.2. The summed E-state index contributed by atoms with van der Waals surface area (Å²) in [6.07, 6.45) is 1.47. The topological polar surface area (TPSA) is 99.1 Å². The minimum atomic E-state index is -6.32. The van der Waals surface area contributed by atoms with E-state index in [9.17, 15) is 30.8 Å². The lowest BCUT2D eigenvalue weighted by Gasteiger charge is -2.27. The van der Waals surface area contributed by atoms with E-state index < -0.39 is 40.5 Å². The van der Waals surface area contributed by atoms with Crippen LogP contribution < -0.4 is 0 Å². The van der Waals surface area contributed by atoms with E-state index in [4.69, 9.17) is 14.0 Å². The first kappa shape index (κ1) is 23.5. The molecule has 1 aliphatic carbocycles. The number of ether oxygens (including phenoxy) is 3. The molecule has 0 spiro atoms. The lowest BCUT2D eigenvalue weighted by atomic mass is 9.83. The molecule has 0 unspecified atom stereocenters. The van der Waals surface area contributed by atoms with Gasteiger partial charge in [-0.3, -0.25) is 4.55 Å². The molecule has 0 radical (unpaired) electrons. The first-order chi connectivity index (χ1) is 12.4. The van der Waals surface area contributed by atoms with E-state index in [1.807, 2.05) is 0 Å². The molecule has 0 amide bonds. The van der Waals surface area contributed by atoms with Gasteiger partial charge in [0.15, 0.2) is 0 Å². The van der Waals surface area contributed by atoms with Gasteiger partial charge in [-0.1, -0.05) is 6.58 Å². The summed E-state index contributed by atoms with van der Waals surface area (Å²) in [4.78, 5) is 11.3. The molecule has 27 heavy (non-hydrogen) atoms. The second-order valence-electron chi connectivity index (χ2n) is 6.24. The van der Waals surface area contributed by atoms with Gasteiger partial charge in [-0.15, -0.1) is 0 Å². The molecule has 0 saturated heterocycles. The molecule has 1 aliphatic rings. The quantitative estimate of drug-likeness (QED) is 0.248. The molecule has 0 heterocycles. The second-order valence-corrected chi connectivity index (χ2v) is 7.71. The number of alkyl halides is 4. The molecule has 1 fully saturated rings. The summed E-state index contributed by atoms with van der Waals surface area (Å²) in [5.74, 6) is -4.69. The molecule has 12 heteroatoms. The van der Waals surface area contributed by atoms with Crippen molar-refractivity contribution in [2.24, 2.45) is 11.8 Å². The largest absolute Gasteiger partial charge is 0.508 e. The predicted molar refractivity (Wildman–Crippen MR) is 85.0 cm³/mol. The summed E-state index contributed by atoms with van der Waals surface area (Å²) in [5.41, 5.74) is 0. The summed E-state index contributed by atoms with van der Waals surface area (Å²) < 4.78 is 95.3. The van der Waals surface area contributed by atoms with Crippen molar-refractivity contribution >= 4 is 16.3 Å². The highest BCUT2D eigenvalue weighted by Crippen LogP contribution is 2.40. The Labute approximate surface area is 154 Å². The predicted octanol–water partition coefficient (Wildman–Crippen LogP) is 3.61. The van der Waals surface area contributed by atoms with Crippen LogP contribution in [0.3, 0.4) is 0 Å². The highest BCUT2D eigenvalue weighted by molar-refractivity contribution is 7.87. The number of hydrogen-bond donors (Lipinski definition) is 1. The molecule has 0 aliphatic heterocycles. The van der Waals surface area contributed by atoms with E-state index >= 15 is 0 Å². The fraction of sp³-hybridized carbons (Fsp3) is 0.800. The fourth-order valence-electron chi connectivity index (χ4n) is 2.59. The maximum atomic E-state index is 13.2. The Hall–Kier alpha value is -1.56. The Kier molecular flexibility index (Phi) is 8.33. The Morgan fingerprint density at radius 1 is 1.07 bits per heavy atom. The molecular weight excluding hydrogens is 400 g/mol. The van der Waals surface area contributed by atoms with Crippen LogP contribution in [0.1, 0.15) is 32.1 Å². The molecule has 0 aromatic carbocycles. The highest BCUT2D eigenvalue weighted by atomic mass is 32.2. The zero-order valence-corrected chi connectivity index (χ0v) is 15.2. The SMILES string of the molecule is C=COCC1CCC(COC(=O)OCCC(F)(F)C(F)(F)S(=O)(=O)O)CC1. The van der Waals surface area contributed by atoms with Crippen molar-refractivity contribution in [1.29, 1.82) is 0 Å². The van der Waals surface area contributed by atoms with Crippen LogP contribution in [0.4, 0.5) is 22.4 Å². The average molecular weight is 422 g/mol. The van der Waals surface area contributed by atoms with Gasteiger partial charge in [-0.05, 0) is 37.5 Å². The normalized spacial score (nSPS) is 21.4. The number of hydrogen-bond acceptors (Lipinski definition) is 6. The maximum Gasteiger partial charge on any atom is 0.508 e. The van der Waals surface area contributed by atoms with E-state index in [1.165, 1.54) is 6.26 Å². The highest BCUT2D eigenvalue weighted by Gasteiger charge is 2.65. The molecular formula is C15H22F4O7S. The third kappa shape index (κ3) is 6.83. The summed E-state index contributed by atoms with van der Waals surface area (Å²) in [6.45, 7) is 2.79. The van der Waals surface area contributed by atoms with Crippen LogP contribution in [-0.2, 0) is 24.3 Å². The Morgan fingerprint density at radius 2 is 1.59 bits per heavy atom. The van der Waals surface area contributed by atoms with E-state index in [-0.39, 0.29) is 12.5 Å². The van der Waals surface area contributed by atoms with Crippen LogP contribution in [-0.4, -0.2) is 50.1 Å². The lowest BCUT2D eigenvalue weighted by molar-refractivity contribution is -0.169. The van der Waals surface area contributed by atoms with Gasteiger partial charge in [0.2, 0.25) is 0 Å². The van der Waals surface area contributed by atoms with Crippen molar-refractivity contribution < 1.29 is 49.5 Å². The smallest absolute Gasteiger partial charge is 0.502 e. The molecule has 158 valence electrons. The zero-order chi connectivity index (χ0) is 20.7. The van der Waals surface area contributed by atoms with Gasteiger partial charge in [0, 0.05) is 0 Å². The lowest BCUT2D eigenvalue weighted by Crippen LogP contribution is -2.47. The van der Waals surface area contributed by atoms with Crippen molar-refractivity contribution in [3.8, 4) is 0 Å². The van der Waals surface area contributed by atoms with Crippen molar-refractivity contribution in [2.45, 2.75) is 43.3 Å². The molecule has 1 N–H and O–H groups in total. The van der Waals surface area contributed by atoms with E-state index in [0.29, 0.717) is 12.5 Å². The molecule has 0 aromatic heterocycles. The van der Waals surface area contributed by atoms with Crippen LogP contribution >= 0.6 is 0 Å². The summed E-state index contributed by atoms with van der Waals surface area (Å²) in [7, 11) is -6.32. The van der Waals surface area contributed by atoms with E-state index in [0.717, 1.165) is 25.7 Å². The monoisotopic (exact) mass is 422 g/mol. The van der Waals surface area contributed by atoms with E-state index in [1.54, 1.807) is 0 Å². The first-order valence-corrected chi connectivity index (χ1v) is 9.59. The van der Waals surface area contributed by atoms with Crippen molar-refractivity contribution in [3.05, 3.63) is 12.8 Å². The average Bonchev–Trinajstić information content (AvgIpc) is 2.57. The van der Waals surface area contributed by atoms with Crippen LogP contribution in [0.25, 0.3) is 0 Å². The Balaban J connectivity index is 2.29. The minimum absolute atomic E-state index is 0.00849. The van der Waals surface area contributed by atoms with Crippen molar-refractivity contribution in [1.82, 2.24) is 0 Å². The van der Waals surface area contributed by atoms with Crippen LogP contribution in [0, 0.1) is 11.8 Å². The minimum Gasteiger partial charge on any atom is -0.502 e. The summed E-state index contributed by atoms with van der Waals surface area (Å²) in [5, 5.41) is -5.69. The van der Waals surface area contributed by atoms with Crippen molar-refractivity contribution in [2.75, 3.05) is 19.8 Å². The number of carbonyl (C=O) groups excluding carboxylic acids is 1. The molecule has 0 bridgehead atoms. The van der Waals surface area contributed by atoms with Gasteiger partial charge in [-0.2, -0.15) is 26.0 Å². The van der Waals surface area contributed by atoms with Crippen LogP contribution in [0.5, 0.6) is 0 Å². The molecule has 0 aromatic rings. The van der Waals surface area contributed by atoms with Gasteiger partial charge in [0.25, 0.3) is 0 Å². The molecule has 1 rings (SSSR count). The fourth-order valence-corrected chi connectivity index (χ4v) is 3.07. The molecule has 1 saturated carbocycles. The standard InChI is InChI=1S/C15H22F4O7S/c1-2-24-9-11-3-5-12(6-4-11)10-26-13(20)25-8-7-14(16,17)15(18,19)27(21,22)23/h2,11-12H,1,3-10H2,(H,21,22,23). The van der Waals surface area contributed by atoms with Gasteiger partial charge >= 0.3 is 27.5 Å². The number of halogens is 4. The van der Waals surface area contributed by atoms with Crippen LogP contribution in [0.2, 0.25) is 0 Å². The third-order valence-corrected chi connectivity index (χ3v) is 5.19. The Morgan fingerprint density at radius 3 is 2.07 bits per heavy atom. The van der Waals surface area contributed by atoms with E-state index in [2.05, 4.69) is 11.3 Å². The Bertz CT molecular complexity index is 601. The van der Waals surface area contributed by atoms with Gasteiger partial charge < -0.3 is 14.2 Å². The number of rotatable bonds is 10. The van der Waals surface area contributed by atoms with Gasteiger partial charge in [0.1, 0.15) is 6.61 Å². The van der Waals surface area contributed by atoms with Crippen LogP contribution in [0.15, 0.2) is 12.8 Å². The van der Waals surface area contributed by atoms with Gasteiger partial charge in [-0.25, -0.2) is 4.79 Å². The second kappa shape index (κ2) is 9.58. The third-order valence-electron chi connectivity index (χ3n) is 4.24. The summed E-state index contributed by atoms with van der Waals surface area (Å²) in [6, 6.07) is 0. The zero-order valence-electron chi connectivity index (χ0n) is 14.4. The van der Waals surface area contributed by atoms with Gasteiger partial charge in [0.05, 0.1) is 25.9 Å². The first-order valence-electron chi connectivity index (χ1n) is 8.15. The molecule has 7 nitrogen and oxygen atoms in total. The summed E-state index contributed by atoms with van der Waals surface area (Å²) >= 11 is 0. The molecule has 0 atom stereocenters. The van der Waals surface area contributed by atoms with Crippen molar-refractivity contribution in [3.63, 3.8) is 0 Å². The number of carbonyl (C=O) groups is 1.